The molecule has 0 radical (unpaired) electrons. The molecule has 5 heteroatoms. The molecule has 0 saturated heterocycles. The standard InChI is InChI=1S/C15H15FO4/c1-4-6-10-12(15(2,18)20-14(10)17)9-7-5-8-11(16)13(9)19-3/h4-8,18H,1-3H3/b6-4+. The quantitative estimate of drug-likeness (QED) is 0.863. The van der Waals surface area contributed by atoms with Gasteiger partial charge in [0.25, 0.3) is 0 Å². The van der Waals surface area contributed by atoms with Gasteiger partial charge < -0.3 is 14.6 Å². The highest BCUT2D eigenvalue weighted by atomic mass is 19.1. The van der Waals surface area contributed by atoms with E-state index in [4.69, 9.17) is 9.47 Å². The fourth-order valence-corrected chi connectivity index (χ4v) is 2.26. The molecule has 0 saturated carbocycles. The van der Waals surface area contributed by atoms with Crippen molar-refractivity contribution in [1.82, 2.24) is 0 Å². The smallest absolute Gasteiger partial charge is 0.341 e. The molecule has 106 valence electrons. The third kappa shape index (κ3) is 2.20. The number of carbonyl (C=O) groups is 1. The molecule has 20 heavy (non-hydrogen) atoms. The van der Waals surface area contributed by atoms with E-state index in [9.17, 15) is 14.3 Å². The lowest BCUT2D eigenvalue weighted by Crippen LogP contribution is -2.26. The topological polar surface area (TPSA) is 55.8 Å². The van der Waals surface area contributed by atoms with Gasteiger partial charge in [-0.25, -0.2) is 9.18 Å². The van der Waals surface area contributed by atoms with Crippen LogP contribution in [0.25, 0.3) is 5.57 Å². The Hall–Kier alpha value is -2.14. The summed E-state index contributed by atoms with van der Waals surface area (Å²) < 4.78 is 23.8. The molecule has 0 aliphatic carbocycles. The molecule has 2 rings (SSSR count). The minimum atomic E-state index is -1.83. The van der Waals surface area contributed by atoms with Gasteiger partial charge in [0.05, 0.1) is 12.7 Å². The first kappa shape index (κ1) is 14.3. The zero-order valence-corrected chi connectivity index (χ0v) is 11.4. The zero-order chi connectivity index (χ0) is 14.9. The number of methoxy groups -OCH3 is 1. The second kappa shape index (κ2) is 5.09. The monoisotopic (exact) mass is 278 g/mol. The third-order valence-electron chi connectivity index (χ3n) is 3.02. The highest BCUT2D eigenvalue weighted by molar-refractivity contribution is 6.06. The van der Waals surface area contributed by atoms with Crippen molar-refractivity contribution in [2.75, 3.05) is 7.11 Å². The molecule has 1 N–H and O–H groups in total. The van der Waals surface area contributed by atoms with E-state index >= 15 is 0 Å². The molecular weight excluding hydrogens is 263 g/mol. The molecule has 0 aromatic heterocycles. The number of carbonyl (C=O) groups excluding carboxylic acids is 1. The highest BCUT2D eigenvalue weighted by Crippen LogP contribution is 2.42. The Bertz CT molecular complexity index is 614. The number of hydrogen-bond acceptors (Lipinski definition) is 4. The van der Waals surface area contributed by atoms with E-state index in [0.717, 1.165) is 0 Å². The molecule has 1 aromatic rings. The largest absolute Gasteiger partial charge is 0.493 e. The molecule has 1 unspecified atom stereocenters. The molecule has 1 atom stereocenters. The molecule has 4 nitrogen and oxygen atoms in total. The second-order valence-electron chi connectivity index (χ2n) is 4.48. The summed E-state index contributed by atoms with van der Waals surface area (Å²) in [5.74, 6) is -3.10. The first-order valence-electron chi connectivity index (χ1n) is 6.08. The number of allylic oxidation sites excluding steroid dienone is 1. The molecule has 0 fully saturated rings. The van der Waals surface area contributed by atoms with E-state index in [2.05, 4.69) is 0 Å². The average Bonchev–Trinajstić information content (AvgIpc) is 2.59. The number of rotatable bonds is 3. The van der Waals surface area contributed by atoms with Crippen molar-refractivity contribution in [2.24, 2.45) is 0 Å². The fourth-order valence-electron chi connectivity index (χ4n) is 2.26. The van der Waals surface area contributed by atoms with E-state index in [1.165, 1.54) is 32.2 Å². The Balaban J connectivity index is 2.76. The average molecular weight is 278 g/mol. The van der Waals surface area contributed by atoms with Gasteiger partial charge in [0.1, 0.15) is 0 Å². The summed E-state index contributed by atoms with van der Waals surface area (Å²) in [6, 6.07) is 4.29. The van der Waals surface area contributed by atoms with Gasteiger partial charge >= 0.3 is 5.97 Å². The van der Waals surface area contributed by atoms with Crippen LogP contribution in [0.1, 0.15) is 19.4 Å². The van der Waals surface area contributed by atoms with Crippen LogP contribution in [0.4, 0.5) is 4.39 Å². The maximum atomic E-state index is 13.8. The molecule has 1 heterocycles. The van der Waals surface area contributed by atoms with Crippen molar-refractivity contribution in [3.05, 3.63) is 47.3 Å². The zero-order valence-electron chi connectivity index (χ0n) is 11.4. The Morgan fingerprint density at radius 3 is 2.75 bits per heavy atom. The summed E-state index contributed by atoms with van der Waals surface area (Å²) in [6.07, 6.45) is 3.16. The van der Waals surface area contributed by atoms with Crippen LogP contribution in [-0.4, -0.2) is 24.0 Å². The summed E-state index contributed by atoms with van der Waals surface area (Å²) in [6.45, 7) is 3.06. The molecule has 1 aromatic carbocycles. The van der Waals surface area contributed by atoms with Crippen LogP contribution >= 0.6 is 0 Å². The Morgan fingerprint density at radius 2 is 2.15 bits per heavy atom. The van der Waals surface area contributed by atoms with E-state index in [-0.39, 0.29) is 22.5 Å². The van der Waals surface area contributed by atoms with Gasteiger partial charge in [0, 0.05) is 18.1 Å². The first-order valence-corrected chi connectivity index (χ1v) is 6.08. The number of ether oxygens (including phenoxy) is 2. The minimum absolute atomic E-state index is 0.0388. The summed E-state index contributed by atoms with van der Waals surface area (Å²) in [7, 11) is 1.32. The second-order valence-corrected chi connectivity index (χ2v) is 4.48. The maximum Gasteiger partial charge on any atom is 0.341 e. The summed E-state index contributed by atoms with van der Waals surface area (Å²) in [5, 5.41) is 10.3. The SMILES string of the molecule is C/C=C/C1=C(c2cccc(F)c2OC)C(C)(O)OC1=O. The number of hydrogen-bond donors (Lipinski definition) is 1. The van der Waals surface area contributed by atoms with Gasteiger partial charge in [0.2, 0.25) is 5.79 Å². The lowest BCUT2D eigenvalue weighted by atomic mass is 9.94. The van der Waals surface area contributed by atoms with E-state index in [1.54, 1.807) is 19.1 Å². The number of halogens is 1. The lowest BCUT2D eigenvalue weighted by Gasteiger charge is -2.21. The number of esters is 1. The van der Waals surface area contributed by atoms with Crippen LogP contribution in [-0.2, 0) is 9.53 Å². The van der Waals surface area contributed by atoms with Crippen molar-refractivity contribution < 1.29 is 23.8 Å². The number of aliphatic hydroxyl groups is 1. The maximum absolute atomic E-state index is 13.8. The van der Waals surface area contributed by atoms with Crippen LogP contribution in [0, 0.1) is 5.82 Å². The molecule has 1 aliphatic rings. The first-order chi connectivity index (χ1) is 9.42. The van der Waals surface area contributed by atoms with Gasteiger partial charge in [0.15, 0.2) is 11.6 Å². The number of benzene rings is 1. The lowest BCUT2D eigenvalue weighted by molar-refractivity contribution is -0.170. The van der Waals surface area contributed by atoms with E-state index in [1.807, 2.05) is 0 Å². The van der Waals surface area contributed by atoms with E-state index in [0.29, 0.717) is 0 Å². The molecule has 0 bridgehead atoms. The predicted octanol–water partition coefficient (Wildman–Crippen LogP) is 2.43. The van der Waals surface area contributed by atoms with Crippen LogP contribution < -0.4 is 4.74 Å². The summed E-state index contributed by atoms with van der Waals surface area (Å²) in [5.41, 5.74) is 0.662. The van der Waals surface area contributed by atoms with Crippen molar-refractivity contribution in [3.8, 4) is 5.75 Å². The van der Waals surface area contributed by atoms with Gasteiger partial charge in [-0.3, -0.25) is 0 Å². The van der Waals surface area contributed by atoms with Gasteiger partial charge in [-0.15, -0.1) is 0 Å². The van der Waals surface area contributed by atoms with Crippen LogP contribution in [0.15, 0.2) is 35.9 Å². The van der Waals surface area contributed by atoms with Crippen molar-refractivity contribution in [3.63, 3.8) is 0 Å². The van der Waals surface area contributed by atoms with Crippen LogP contribution in [0.3, 0.4) is 0 Å². The molecule has 1 aliphatic heterocycles. The Morgan fingerprint density at radius 1 is 1.45 bits per heavy atom. The number of para-hydroxylation sites is 1. The fraction of sp³-hybridized carbons (Fsp3) is 0.267. The molecular formula is C15H15FO4. The normalized spacial score (nSPS) is 22.6. The van der Waals surface area contributed by atoms with Crippen molar-refractivity contribution in [1.29, 1.82) is 0 Å². The van der Waals surface area contributed by atoms with Gasteiger partial charge in [-0.2, -0.15) is 0 Å². The Kier molecular flexibility index (Phi) is 3.63. The van der Waals surface area contributed by atoms with Gasteiger partial charge in [-0.05, 0) is 13.0 Å². The predicted molar refractivity (Wildman–Crippen MR) is 71.4 cm³/mol. The third-order valence-corrected chi connectivity index (χ3v) is 3.02. The minimum Gasteiger partial charge on any atom is -0.493 e. The highest BCUT2D eigenvalue weighted by Gasteiger charge is 2.43. The molecule has 0 spiro atoms. The van der Waals surface area contributed by atoms with E-state index < -0.39 is 17.6 Å². The summed E-state index contributed by atoms with van der Waals surface area (Å²) >= 11 is 0. The van der Waals surface area contributed by atoms with Crippen LogP contribution in [0.2, 0.25) is 0 Å². The summed E-state index contributed by atoms with van der Waals surface area (Å²) in [4.78, 5) is 11.8. The molecule has 0 amide bonds. The Labute approximate surface area is 116 Å². The van der Waals surface area contributed by atoms with Crippen molar-refractivity contribution >= 4 is 11.5 Å². The van der Waals surface area contributed by atoms with Crippen LogP contribution in [0.5, 0.6) is 5.75 Å². The number of cyclic esters (lactones) is 1. The van der Waals surface area contributed by atoms with Gasteiger partial charge in [-0.1, -0.05) is 24.3 Å². The van der Waals surface area contributed by atoms with Crippen molar-refractivity contribution in [2.45, 2.75) is 19.6 Å².